The minimum Gasteiger partial charge on any atom is -0.380 e. The summed E-state index contributed by atoms with van der Waals surface area (Å²) in [5.41, 5.74) is 6.29. The summed E-state index contributed by atoms with van der Waals surface area (Å²) in [4.78, 5) is 4.74. The normalized spacial score (nSPS) is 18.7. The SMILES string of the molecule is NCON=C1CCCCC1. The molecule has 2 N–H and O–H groups in total. The second-order valence-corrected chi connectivity index (χ2v) is 2.51. The standard InChI is InChI=1S/C7H14N2O/c8-6-10-9-7-4-2-1-3-5-7/h1-6,8H2. The second-order valence-electron chi connectivity index (χ2n) is 2.51. The third kappa shape index (κ3) is 2.35. The van der Waals surface area contributed by atoms with Gasteiger partial charge in [-0.15, -0.1) is 0 Å². The minimum absolute atomic E-state index is 0.198. The monoisotopic (exact) mass is 142 g/mol. The highest BCUT2D eigenvalue weighted by atomic mass is 16.6. The number of nitrogens with zero attached hydrogens (tertiary/aromatic N) is 1. The summed E-state index contributed by atoms with van der Waals surface area (Å²) in [6.07, 6.45) is 6.04. The first-order valence-corrected chi connectivity index (χ1v) is 3.81. The lowest BCUT2D eigenvalue weighted by Gasteiger charge is -2.10. The van der Waals surface area contributed by atoms with Crippen molar-refractivity contribution in [2.45, 2.75) is 32.1 Å². The summed E-state index contributed by atoms with van der Waals surface area (Å²) in [6.45, 7) is 0.198. The van der Waals surface area contributed by atoms with E-state index < -0.39 is 0 Å². The molecule has 1 rings (SSSR count). The predicted molar refractivity (Wildman–Crippen MR) is 40.7 cm³/mol. The molecule has 0 unspecified atom stereocenters. The average Bonchev–Trinajstić information content (AvgIpc) is 2.03. The van der Waals surface area contributed by atoms with E-state index in [1.54, 1.807) is 0 Å². The van der Waals surface area contributed by atoms with Crippen molar-refractivity contribution in [2.24, 2.45) is 10.9 Å². The maximum atomic E-state index is 5.12. The first-order valence-electron chi connectivity index (χ1n) is 3.81. The third-order valence-electron chi connectivity index (χ3n) is 1.70. The zero-order chi connectivity index (χ0) is 7.23. The van der Waals surface area contributed by atoms with E-state index in [4.69, 9.17) is 10.6 Å². The van der Waals surface area contributed by atoms with Gasteiger partial charge in [0.05, 0.1) is 5.71 Å². The van der Waals surface area contributed by atoms with Gasteiger partial charge < -0.3 is 4.84 Å². The number of oxime groups is 1. The molecule has 0 bridgehead atoms. The van der Waals surface area contributed by atoms with Crippen LogP contribution in [0.3, 0.4) is 0 Å². The highest BCUT2D eigenvalue weighted by molar-refractivity contribution is 5.84. The molecule has 1 aliphatic rings. The molecule has 10 heavy (non-hydrogen) atoms. The van der Waals surface area contributed by atoms with Crippen molar-refractivity contribution in [3.05, 3.63) is 0 Å². The molecular weight excluding hydrogens is 128 g/mol. The molecule has 1 aliphatic carbocycles. The topological polar surface area (TPSA) is 47.6 Å². The molecule has 0 aromatic heterocycles. The Balaban J connectivity index is 2.23. The minimum atomic E-state index is 0.198. The Bertz CT molecular complexity index is 115. The predicted octanol–water partition coefficient (Wildman–Crippen LogP) is 1.24. The van der Waals surface area contributed by atoms with Gasteiger partial charge in [0, 0.05) is 0 Å². The summed E-state index contributed by atoms with van der Waals surface area (Å²) in [6, 6.07) is 0. The van der Waals surface area contributed by atoms with Crippen LogP contribution in [0.25, 0.3) is 0 Å². The van der Waals surface area contributed by atoms with Crippen LogP contribution in [0.5, 0.6) is 0 Å². The van der Waals surface area contributed by atoms with Crippen molar-refractivity contribution in [1.29, 1.82) is 0 Å². The third-order valence-corrected chi connectivity index (χ3v) is 1.70. The van der Waals surface area contributed by atoms with Crippen LogP contribution in [0, 0.1) is 0 Å². The largest absolute Gasteiger partial charge is 0.380 e. The van der Waals surface area contributed by atoms with E-state index in [0.29, 0.717) is 0 Å². The van der Waals surface area contributed by atoms with Crippen molar-refractivity contribution in [1.82, 2.24) is 0 Å². The maximum Gasteiger partial charge on any atom is 0.165 e. The van der Waals surface area contributed by atoms with Crippen LogP contribution in [0.2, 0.25) is 0 Å². The van der Waals surface area contributed by atoms with E-state index >= 15 is 0 Å². The van der Waals surface area contributed by atoms with E-state index in [-0.39, 0.29) is 6.73 Å². The molecule has 3 nitrogen and oxygen atoms in total. The van der Waals surface area contributed by atoms with E-state index in [9.17, 15) is 0 Å². The lowest BCUT2D eigenvalue weighted by molar-refractivity contribution is 0.150. The van der Waals surface area contributed by atoms with Crippen molar-refractivity contribution in [3.63, 3.8) is 0 Å². The molecule has 0 aromatic rings. The van der Waals surface area contributed by atoms with Crippen LogP contribution in [0.15, 0.2) is 5.16 Å². The van der Waals surface area contributed by atoms with Crippen LogP contribution in [-0.2, 0) is 4.84 Å². The average molecular weight is 142 g/mol. The Morgan fingerprint density at radius 1 is 1.30 bits per heavy atom. The van der Waals surface area contributed by atoms with Crippen molar-refractivity contribution in [2.75, 3.05) is 6.73 Å². The van der Waals surface area contributed by atoms with Crippen LogP contribution in [-0.4, -0.2) is 12.4 Å². The van der Waals surface area contributed by atoms with Crippen LogP contribution in [0.4, 0.5) is 0 Å². The van der Waals surface area contributed by atoms with Gasteiger partial charge >= 0.3 is 0 Å². The van der Waals surface area contributed by atoms with Crippen molar-refractivity contribution >= 4 is 5.71 Å². The fraction of sp³-hybridized carbons (Fsp3) is 0.857. The van der Waals surface area contributed by atoms with Gasteiger partial charge in [0.2, 0.25) is 0 Å². The molecule has 0 aliphatic heterocycles. The fourth-order valence-corrected chi connectivity index (χ4v) is 1.18. The van der Waals surface area contributed by atoms with Gasteiger partial charge in [0.15, 0.2) is 6.73 Å². The van der Waals surface area contributed by atoms with Gasteiger partial charge in [-0.3, -0.25) is 5.73 Å². The molecule has 0 amide bonds. The fourth-order valence-electron chi connectivity index (χ4n) is 1.18. The van der Waals surface area contributed by atoms with E-state index in [2.05, 4.69) is 5.16 Å². The Morgan fingerprint density at radius 2 is 2.00 bits per heavy atom. The molecular formula is C7H14N2O. The number of hydrogen-bond acceptors (Lipinski definition) is 3. The summed E-state index contributed by atoms with van der Waals surface area (Å²) < 4.78 is 0. The number of rotatable bonds is 2. The smallest absolute Gasteiger partial charge is 0.165 e. The second kappa shape index (κ2) is 4.28. The lowest BCUT2D eigenvalue weighted by atomic mass is 9.99. The van der Waals surface area contributed by atoms with Gasteiger partial charge in [-0.05, 0) is 25.7 Å². The molecule has 1 fully saturated rings. The van der Waals surface area contributed by atoms with Crippen molar-refractivity contribution in [3.8, 4) is 0 Å². The van der Waals surface area contributed by atoms with E-state index in [1.165, 1.54) is 25.0 Å². The van der Waals surface area contributed by atoms with E-state index in [1.807, 2.05) is 0 Å². The molecule has 1 saturated carbocycles. The molecule has 0 saturated heterocycles. The maximum absolute atomic E-state index is 5.12. The number of nitrogens with two attached hydrogens (primary N) is 1. The van der Waals surface area contributed by atoms with Crippen LogP contribution < -0.4 is 5.73 Å². The Labute approximate surface area is 61.2 Å². The first-order chi connectivity index (χ1) is 4.93. The van der Waals surface area contributed by atoms with Gasteiger partial charge in [0.25, 0.3) is 0 Å². The molecule has 58 valence electrons. The Hall–Kier alpha value is -0.570. The quantitative estimate of drug-likeness (QED) is 0.465. The molecule has 0 spiro atoms. The van der Waals surface area contributed by atoms with Gasteiger partial charge in [0.1, 0.15) is 0 Å². The van der Waals surface area contributed by atoms with Crippen LogP contribution >= 0.6 is 0 Å². The lowest BCUT2D eigenvalue weighted by Crippen LogP contribution is -2.07. The summed E-state index contributed by atoms with van der Waals surface area (Å²) in [7, 11) is 0. The molecule has 0 radical (unpaired) electrons. The molecule has 3 heteroatoms. The van der Waals surface area contributed by atoms with Gasteiger partial charge in [-0.1, -0.05) is 11.6 Å². The molecule has 0 heterocycles. The molecule has 0 atom stereocenters. The zero-order valence-corrected chi connectivity index (χ0v) is 6.18. The highest BCUT2D eigenvalue weighted by Crippen LogP contribution is 2.14. The highest BCUT2D eigenvalue weighted by Gasteiger charge is 2.06. The van der Waals surface area contributed by atoms with Crippen molar-refractivity contribution < 1.29 is 4.84 Å². The van der Waals surface area contributed by atoms with Crippen LogP contribution in [0.1, 0.15) is 32.1 Å². The van der Waals surface area contributed by atoms with Gasteiger partial charge in [-0.25, -0.2) is 0 Å². The first kappa shape index (κ1) is 7.54. The Morgan fingerprint density at radius 3 is 2.60 bits per heavy atom. The number of hydrogen-bond donors (Lipinski definition) is 1. The summed E-state index contributed by atoms with van der Waals surface area (Å²) >= 11 is 0. The summed E-state index contributed by atoms with van der Waals surface area (Å²) in [5.74, 6) is 0. The van der Waals surface area contributed by atoms with Gasteiger partial charge in [-0.2, -0.15) is 0 Å². The summed E-state index contributed by atoms with van der Waals surface area (Å²) in [5, 5.41) is 3.89. The zero-order valence-electron chi connectivity index (χ0n) is 6.18. The Kier molecular flexibility index (Phi) is 3.22. The van der Waals surface area contributed by atoms with E-state index in [0.717, 1.165) is 12.8 Å². The molecule has 0 aromatic carbocycles.